The molecule has 0 saturated heterocycles. The maximum Gasteiger partial charge on any atom is 0.407 e. The third kappa shape index (κ3) is 5.61. The molecule has 1 aliphatic rings. The van der Waals surface area contributed by atoms with Crippen LogP contribution < -0.4 is 15.6 Å². The zero-order valence-electron chi connectivity index (χ0n) is 20.3. The largest absolute Gasteiger partial charge is 0.491 e. The van der Waals surface area contributed by atoms with E-state index in [1.807, 2.05) is 39.0 Å². The van der Waals surface area contributed by atoms with Gasteiger partial charge in [-0.2, -0.15) is 0 Å². The molecule has 4 rings (SSSR count). The summed E-state index contributed by atoms with van der Waals surface area (Å²) in [5.41, 5.74) is 0.750. The Balaban J connectivity index is 1.82. The molecule has 2 heterocycles. The van der Waals surface area contributed by atoms with Crippen LogP contribution in [0.15, 0.2) is 40.0 Å². The topological polar surface area (TPSA) is 95.6 Å². The fraction of sp³-hybridized carbons (Fsp3) is 0.500. The van der Waals surface area contributed by atoms with Crippen LogP contribution in [0.3, 0.4) is 0 Å². The summed E-state index contributed by atoms with van der Waals surface area (Å²) in [6.07, 6.45) is 6.53. The van der Waals surface area contributed by atoms with Gasteiger partial charge in [0.05, 0.1) is 30.4 Å². The summed E-state index contributed by atoms with van der Waals surface area (Å²) in [6, 6.07) is 5.58. The number of pyridine rings is 1. The van der Waals surface area contributed by atoms with Crippen LogP contribution >= 0.6 is 0 Å². The maximum absolute atomic E-state index is 13.6. The number of alkyl carbamates (subject to hydrolysis) is 1. The molecule has 1 aliphatic carbocycles. The Hall–Kier alpha value is -3.29. The first kappa shape index (κ1) is 23.9. The summed E-state index contributed by atoms with van der Waals surface area (Å²) < 4.78 is 19.0. The zero-order valence-corrected chi connectivity index (χ0v) is 20.3. The minimum Gasteiger partial charge on any atom is -0.491 e. The van der Waals surface area contributed by atoms with Gasteiger partial charge in [-0.05, 0) is 58.1 Å². The predicted octanol–water partition coefficient (Wildman–Crippen LogP) is 5.27. The van der Waals surface area contributed by atoms with E-state index >= 15 is 0 Å². The van der Waals surface area contributed by atoms with Crippen molar-refractivity contribution >= 4 is 16.9 Å². The van der Waals surface area contributed by atoms with Gasteiger partial charge in [-0.15, -0.1) is 0 Å². The number of fused-ring (bicyclic) bond motifs is 1. The van der Waals surface area contributed by atoms with E-state index in [-0.39, 0.29) is 12.1 Å². The SMILES string of the molecule is CCCCOc1c(CNC(=O)OC(C)(C)C)n(CC2CC2)c(=O)c2ccc(-c3cnco3)cc12. The molecule has 0 radical (unpaired) electrons. The van der Waals surface area contributed by atoms with Gasteiger partial charge in [0.1, 0.15) is 11.4 Å². The third-order valence-corrected chi connectivity index (χ3v) is 5.73. The van der Waals surface area contributed by atoms with Crippen LogP contribution in [0.25, 0.3) is 22.1 Å². The molecule has 182 valence electrons. The van der Waals surface area contributed by atoms with Crippen LogP contribution in [-0.4, -0.2) is 27.9 Å². The Morgan fingerprint density at radius 2 is 2.06 bits per heavy atom. The van der Waals surface area contributed by atoms with Crippen molar-refractivity contribution in [2.45, 2.75) is 72.1 Å². The first-order chi connectivity index (χ1) is 16.3. The van der Waals surface area contributed by atoms with Crippen LogP contribution in [-0.2, 0) is 17.8 Å². The number of nitrogens with zero attached hydrogens (tertiary/aromatic N) is 2. The molecule has 1 fully saturated rings. The quantitative estimate of drug-likeness (QED) is 0.431. The van der Waals surface area contributed by atoms with Crippen molar-refractivity contribution in [1.29, 1.82) is 0 Å². The van der Waals surface area contributed by atoms with Crippen molar-refractivity contribution in [3.05, 3.63) is 46.8 Å². The lowest BCUT2D eigenvalue weighted by Crippen LogP contribution is -2.35. The minimum atomic E-state index is -0.617. The number of carbonyl (C=O) groups is 1. The van der Waals surface area contributed by atoms with Crippen molar-refractivity contribution in [2.75, 3.05) is 6.61 Å². The molecular weight excluding hydrogens is 434 g/mol. The number of carbonyl (C=O) groups excluding carboxylic acids is 1. The lowest BCUT2D eigenvalue weighted by Gasteiger charge is -2.23. The van der Waals surface area contributed by atoms with Gasteiger partial charge in [-0.25, -0.2) is 9.78 Å². The van der Waals surface area contributed by atoms with Gasteiger partial charge in [0.2, 0.25) is 0 Å². The minimum absolute atomic E-state index is 0.0881. The summed E-state index contributed by atoms with van der Waals surface area (Å²) >= 11 is 0. The van der Waals surface area contributed by atoms with Crippen molar-refractivity contribution < 1.29 is 18.7 Å². The van der Waals surface area contributed by atoms with Crippen molar-refractivity contribution in [1.82, 2.24) is 14.9 Å². The number of aromatic nitrogens is 2. The van der Waals surface area contributed by atoms with Gasteiger partial charge in [0, 0.05) is 17.5 Å². The first-order valence-corrected chi connectivity index (χ1v) is 11.9. The zero-order chi connectivity index (χ0) is 24.3. The summed E-state index contributed by atoms with van der Waals surface area (Å²) in [6.45, 7) is 8.79. The molecule has 1 N–H and O–H groups in total. The molecule has 0 spiro atoms. The fourth-order valence-corrected chi connectivity index (χ4v) is 3.85. The van der Waals surface area contributed by atoms with E-state index in [0.29, 0.717) is 47.0 Å². The normalized spacial score (nSPS) is 13.8. The number of nitrogens with one attached hydrogen (secondary N) is 1. The van der Waals surface area contributed by atoms with E-state index in [9.17, 15) is 9.59 Å². The molecule has 3 aromatic rings. The molecule has 0 bridgehead atoms. The summed E-state index contributed by atoms with van der Waals surface area (Å²) in [5, 5.41) is 4.10. The Kier molecular flexibility index (Phi) is 6.95. The van der Waals surface area contributed by atoms with E-state index in [0.717, 1.165) is 31.2 Å². The van der Waals surface area contributed by atoms with E-state index in [4.69, 9.17) is 13.9 Å². The third-order valence-electron chi connectivity index (χ3n) is 5.73. The van der Waals surface area contributed by atoms with Gasteiger partial charge in [0.15, 0.2) is 12.2 Å². The second kappa shape index (κ2) is 9.91. The Bertz CT molecular complexity index is 1200. The molecule has 2 aromatic heterocycles. The molecule has 0 unspecified atom stereocenters. The standard InChI is InChI=1S/C26H33N3O5/c1-5-6-11-32-23-20-12-18(22-14-27-16-33-22)9-10-19(20)24(30)29(15-17-7-8-17)21(23)13-28-25(31)34-26(2,3)4/h9-10,12,14,16-17H,5-8,11,13,15H2,1-4H3,(H,28,31). The second-order valence-electron chi connectivity index (χ2n) is 9.82. The average Bonchev–Trinajstić information content (AvgIpc) is 3.43. The van der Waals surface area contributed by atoms with Crippen molar-refractivity contribution in [3.63, 3.8) is 0 Å². The highest BCUT2D eigenvalue weighted by atomic mass is 16.6. The molecule has 0 aliphatic heterocycles. The van der Waals surface area contributed by atoms with Crippen LogP contribution in [0.5, 0.6) is 5.75 Å². The van der Waals surface area contributed by atoms with Crippen LogP contribution in [0.2, 0.25) is 0 Å². The number of unbranched alkanes of at least 4 members (excludes halogenated alkanes) is 1. The maximum atomic E-state index is 13.6. The predicted molar refractivity (Wildman–Crippen MR) is 130 cm³/mol. The van der Waals surface area contributed by atoms with Crippen LogP contribution in [0.1, 0.15) is 59.1 Å². The fourth-order valence-electron chi connectivity index (χ4n) is 3.85. The highest BCUT2D eigenvalue weighted by molar-refractivity contribution is 5.92. The number of rotatable bonds is 9. The van der Waals surface area contributed by atoms with Crippen molar-refractivity contribution in [3.8, 4) is 17.1 Å². The highest BCUT2D eigenvalue weighted by Gasteiger charge is 2.27. The number of amides is 1. The summed E-state index contributed by atoms with van der Waals surface area (Å²) in [4.78, 5) is 30.0. The monoisotopic (exact) mass is 467 g/mol. The molecule has 1 aromatic carbocycles. The second-order valence-corrected chi connectivity index (χ2v) is 9.82. The Labute approximate surface area is 199 Å². The molecule has 34 heavy (non-hydrogen) atoms. The number of hydrogen-bond acceptors (Lipinski definition) is 6. The molecule has 1 saturated carbocycles. The molecule has 8 nitrogen and oxygen atoms in total. The number of ether oxygens (including phenoxy) is 2. The Morgan fingerprint density at radius 3 is 2.71 bits per heavy atom. The van der Waals surface area contributed by atoms with Gasteiger partial charge in [0.25, 0.3) is 5.56 Å². The van der Waals surface area contributed by atoms with Gasteiger partial charge in [-0.3, -0.25) is 4.79 Å². The summed E-state index contributed by atoms with van der Waals surface area (Å²) in [5.74, 6) is 1.69. The van der Waals surface area contributed by atoms with E-state index in [1.54, 1.807) is 10.8 Å². The van der Waals surface area contributed by atoms with E-state index in [2.05, 4.69) is 17.2 Å². The molecule has 8 heteroatoms. The van der Waals surface area contributed by atoms with E-state index in [1.165, 1.54) is 6.39 Å². The lowest BCUT2D eigenvalue weighted by atomic mass is 10.0. The van der Waals surface area contributed by atoms with E-state index < -0.39 is 11.7 Å². The number of benzene rings is 1. The van der Waals surface area contributed by atoms with Crippen LogP contribution in [0.4, 0.5) is 4.79 Å². The number of hydrogen-bond donors (Lipinski definition) is 1. The molecule has 0 atom stereocenters. The summed E-state index contributed by atoms with van der Waals surface area (Å²) in [7, 11) is 0. The lowest BCUT2D eigenvalue weighted by molar-refractivity contribution is 0.0522. The van der Waals surface area contributed by atoms with Gasteiger partial charge < -0.3 is 23.8 Å². The first-order valence-electron chi connectivity index (χ1n) is 11.9. The molecular formula is C26H33N3O5. The van der Waals surface area contributed by atoms with Gasteiger partial charge in [-0.1, -0.05) is 19.4 Å². The van der Waals surface area contributed by atoms with Gasteiger partial charge >= 0.3 is 6.09 Å². The smallest absolute Gasteiger partial charge is 0.407 e. The highest BCUT2D eigenvalue weighted by Crippen LogP contribution is 2.35. The Morgan fingerprint density at radius 1 is 1.26 bits per heavy atom. The van der Waals surface area contributed by atoms with Crippen molar-refractivity contribution in [2.24, 2.45) is 5.92 Å². The average molecular weight is 468 g/mol. The molecule has 1 amide bonds. The van der Waals surface area contributed by atoms with Crippen LogP contribution in [0, 0.1) is 5.92 Å². The number of oxazole rings is 1.